The SMILES string of the molecule is Cc1oc(-c2ccccc2)nc1CCOc1ccc(C[C@H](Nc2ccccc2C(=O)c2ccc[n+]([O-])c2)C(=O)O)cc1. The summed E-state index contributed by atoms with van der Waals surface area (Å²) in [6.07, 6.45) is 3.22. The zero-order chi connectivity index (χ0) is 29.5. The average Bonchev–Trinajstić information content (AvgIpc) is 3.38. The lowest BCUT2D eigenvalue weighted by molar-refractivity contribution is -0.605. The maximum Gasteiger partial charge on any atom is 0.326 e. The molecule has 0 radical (unpaired) electrons. The van der Waals surface area contributed by atoms with Gasteiger partial charge in [0.15, 0.2) is 12.4 Å². The van der Waals surface area contributed by atoms with Crippen molar-refractivity contribution in [3.63, 3.8) is 0 Å². The quantitative estimate of drug-likeness (QED) is 0.120. The number of carbonyl (C=O) groups excluding carboxylic acids is 1. The number of pyridine rings is 1. The normalized spacial score (nSPS) is 11.5. The van der Waals surface area contributed by atoms with Crippen LogP contribution < -0.4 is 14.8 Å². The van der Waals surface area contributed by atoms with Crippen molar-refractivity contribution in [3.8, 4) is 17.2 Å². The first kappa shape index (κ1) is 28.1. The van der Waals surface area contributed by atoms with Crippen LogP contribution in [-0.2, 0) is 17.6 Å². The van der Waals surface area contributed by atoms with Gasteiger partial charge in [-0.15, -0.1) is 0 Å². The zero-order valence-electron chi connectivity index (χ0n) is 22.9. The molecule has 9 nitrogen and oxygen atoms in total. The third-order valence-electron chi connectivity index (χ3n) is 6.72. The molecule has 0 saturated carbocycles. The number of carboxylic acid groups (broad SMARTS) is 1. The van der Waals surface area contributed by atoms with Gasteiger partial charge < -0.3 is 24.8 Å². The van der Waals surface area contributed by atoms with Crippen LogP contribution in [-0.4, -0.2) is 34.5 Å². The predicted octanol–water partition coefficient (Wildman–Crippen LogP) is 5.24. The minimum absolute atomic E-state index is 0.171. The summed E-state index contributed by atoms with van der Waals surface area (Å²) in [7, 11) is 0. The van der Waals surface area contributed by atoms with Crippen molar-refractivity contribution in [3.05, 3.63) is 137 Å². The highest BCUT2D eigenvalue weighted by Crippen LogP contribution is 2.23. The summed E-state index contributed by atoms with van der Waals surface area (Å²) in [5, 5.41) is 24.6. The van der Waals surface area contributed by atoms with Gasteiger partial charge in [0.2, 0.25) is 11.7 Å². The molecular formula is C33H29N3O6. The third kappa shape index (κ3) is 6.82. The van der Waals surface area contributed by atoms with Crippen molar-refractivity contribution >= 4 is 17.4 Å². The molecule has 2 aromatic heterocycles. The van der Waals surface area contributed by atoms with Gasteiger partial charge in [-0.1, -0.05) is 42.5 Å². The number of oxazole rings is 1. The number of hydrogen-bond donors (Lipinski definition) is 2. The summed E-state index contributed by atoms with van der Waals surface area (Å²) in [6, 6.07) is 25.6. The van der Waals surface area contributed by atoms with Crippen LogP contribution in [0.15, 0.2) is 108 Å². The van der Waals surface area contributed by atoms with Crippen LogP contribution in [0.3, 0.4) is 0 Å². The van der Waals surface area contributed by atoms with Crippen LogP contribution in [0.1, 0.15) is 32.9 Å². The second kappa shape index (κ2) is 12.8. The monoisotopic (exact) mass is 563 g/mol. The molecule has 212 valence electrons. The number of ketones is 1. The first-order valence-electron chi connectivity index (χ1n) is 13.4. The Morgan fingerprint density at radius 3 is 2.48 bits per heavy atom. The Morgan fingerprint density at radius 1 is 1.00 bits per heavy atom. The Hall–Kier alpha value is -5.44. The summed E-state index contributed by atoms with van der Waals surface area (Å²) >= 11 is 0. The first-order chi connectivity index (χ1) is 20.4. The van der Waals surface area contributed by atoms with Gasteiger partial charge in [-0.25, -0.2) is 9.78 Å². The molecule has 0 aliphatic rings. The minimum Gasteiger partial charge on any atom is -0.619 e. The van der Waals surface area contributed by atoms with Crippen molar-refractivity contribution in [1.82, 2.24) is 4.98 Å². The molecule has 5 aromatic rings. The lowest BCUT2D eigenvalue weighted by Crippen LogP contribution is -2.32. The van der Waals surface area contributed by atoms with Crippen molar-refractivity contribution in [2.75, 3.05) is 11.9 Å². The number of anilines is 1. The number of carboxylic acids is 1. The van der Waals surface area contributed by atoms with E-state index in [-0.39, 0.29) is 23.3 Å². The van der Waals surface area contributed by atoms with E-state index in [0.717, 1.165) is 22.6 Å². The summed E-state index contributed by atoms with van der Waals surface area (Å²) in [4.78, 5) is 29.8. The second-order valence-electron chi connectivity index (χ2n) is 9.70. The number of aromatic nitrogens is 2. The Bertz CT molecular complexity index is 1680. The number of carbonyl (C=O) groups is 2. The number of rotatable bonds is 12. The van der Waals surface area contributed by atoms with E-state index in [0.29, 0.717) is 35.1 Å². The number of aryl methyl sites for hydroxylation is 1. The standard InChI is InChI=1S/C33H29N3O6/c1-22-28(35-32(42-22)24-8-3-2-4-9-24)17-19-41-26-15-13-23(14-16-26)20-30(33(38)39)34-29-12-6-5-11-27(29)31(37)25-10-7-18-36(40)21-25/h2-16,18,21,30,34H,17,19-20H2,1H3,(H,38,39)/t30-/m0/s1. The van der Waals surface area contributed by atoms with E-state index >= 15 is 0 Å². The maximum atomic E-state index is 13.1. The number of ether oxygens (including phenoxy) is 1. The third-order valence-corrected chi connectivity index (χ3v) is 6.72. The predicted molar refractivity (Wildman–Crippen MR) is 156 cm³/mol. The Labute approximate surface area is 242 Å². The van der Waals surface area contributed by atoms with E-state index in [9.17, 15) is 19.9 Å². The lowest BCUT2D eigenvalue weighted by Gasteiger charge is -2.18. The van der Waals surface area contributed by atoms with Gasteiger partial charge in [-0.2, -0.15) is 4.73 Å². The van der Waals surface area contributed by atoms with E-state index in [4.69, 9.17) is 9.15 Å². The number of benzene rings is 3. The number of hydrogen-bond acceptors (Lipinski definition) is 7. The molecule has 2 N–H and O–H groups in total. The average molecular weight is 564 g/mol. The van der Waals surface area contributed by atoms with Gasteiger partial charge in [0.25, 0.3) is 0 Å². The summed E-state index contributed by atoms with van der Waals surface area (Å²) in [5.74, 6) is 0.536. The number of para-hydroxylation sites is 1. The van der Waals surface area contributed by atoms with Gasteiger partial charge in [-0.3, -0.25) is 4.79 Å². The molecule has 0 aliphatic carbocycles. The molecule has 2 heterocycles. The highest BCUT2D eigenvalue weighted by molar-refractivity contribution is 6.12. The summed E-state index contributed by atoms with van der Waals surface area (Å²) < 4.78 is 12.3. The topological polar surface area (TPSA) is 129 Å². The maximum absolute atomic E-state index is 13.1. The van der Waals surface area contributed by atoms with Crippen molar-refractivity contribution in [2.24, 2.45) is 0 Å². The molecule has 0 amide bonds. The fourth-order valence-corrected chi connectivity index (χ4v) is 4.53. The van der Waals surface area contributed by atoms with E-state index in [1.54, 1.807) is 42.5 Å². The van der Waals surface area contributed by atoms with Crippen LogP contribution in [0.4, 0.5) is 5.69 Å². The number of nitrogens with one attached hydrogen (secondary N) is 1. The van der Waals surface area contributed by atoms with Crippen molar-refractivity contribution in [1.29, 1.82) is 0 Å². The molecule has 0 saturated heterocycles. The van der Waals surface area contributed by atoms with Gasteiger partial charge in [0.1, 0.15) is 17.6 Å². The van der Waals surface area contributed by atoms with Crippen LogP contribution in [0.25, 0.3) is 11.5 Å². The second-order valence-corrected chi connectivity index (χ2v) is 9.70. The molecular weight excluding hydrogens is 534 g/mol. The smallest absolute Gasteiger partial charge is 0.326 e. The van der Waals surface area contributed by atoms with E-state index in [2.05, 4.69) is 10.3 Å². The molecule has 42 heavy (non-hydrogen) atoms. The van der Waals surface area contributed by atoms with Gasteiger partial charge in [-0.05, 0) is 55.0 Å². The fourth-order valence-electron chi connectivity index (χ4n) is 4.53. The Morgan fingerprint density at radius 2 is 1.74 bits per heavy atom. The van der Waals surface area contributed by atoms with Crippen molar-refractivity contribution in [2.45, 2.75) is 25.8 Å². The summed E-state index contributed by atoms with van der Waals surface area (Å²) in [5.41, 5.74) is 3.38. The highest BCUT2D eigenvalue weighted by atomic mass is 16.5. The van der Waals surface area contributed by atoms with Crippen LogP contribution in [0.5, 0.6) is 5.75 Å². The van der Waals surface area contributed by atoms with Gasteiger partial charge >= 0.3 is 5.97 Å². The van der Waals surface area contributed by atoms with Gasteiger partial charge in [0.05, 0.1) is 17.9 Å². The molecule has 5 rings (SSSR count). The molecule has 0 bridgehead atoms. The minimum atomic E-state index is -1.06. The molecule has 0 spiro atoms. The van der Waals surface area contributed by atoms with E-state index in [1.165, 1.54) is 18.5 Å². The Balaban J connectivity index is 1.20. The molecule has 1 atom stereocenters. The van der Waals surface area contributed by atoms with E-state index in [1.807, 2.05) is 49.4 Å². The zero-order valence-corrected chi connectivity index (χ0v) is 22.9. The van der Waals surface area contributed by atoms with E-state index < -0.39 is 12.0 Å². The summed E-state index contributed by atoms with van der Waals surface area (Å²) in [6.45, 7) is 2.28. The van der Waals surface area contributed by atoms with Crippen LogP contribution in [0, 0.1) is 12.1 Å². The molecule has 9 heteroatoms. The highest BCUT2D eigenvalue weighted by Gasteiger charge is 2.22. The molecule has 0 aliphatic heterocycles. The fraction of sp³-hybridized carbons (Fsp3) is 0.152. The van der Waals surface area contributed by atoms with Crippen LogP contribution >= 0.6 is 0 Å². The van der Waals surface area contributed by atoms with Crippen LogP contribution in [0.2, 0.25) is 0 Å². The number of aliphatic carboxylic acids is 1. The van der Waals surface area contributed by atoms with Crippen molar-refractivity contribution < 1.29 is 28.6 Å². The molecule has 3 aromatic carbocycles. The first-order valence-corrected chi connectivity index (χ1v) is 13.4. The largest absolute Gasteiger partial charge is 0.619 e. The number of nitrogens with zero attached hydrogens (tertiary/aromatic N) is 2. The van der Waals surface area contributed by atoms with Gasteiger partial charge in [0, 0.05) is 35.7 Å². The molecule has 0 unspecified atom stereocenters. The lowest BCUT2D eigenvalue weighted by atomic mass is 10.0. The Kier molecular flexibility index (Phi) is 8.58. The molecule has 0 fully saturated rings.